The van der Waals surface area contributed by atoms with Crippen molar-refractivity contribution in [3.8, 4) is 17.2 Å². The van der Waals surface area contributed by atoms with Crippen LogP contribution in [0, 0.1) is 6.92 Å². The van der Waals surface area contributed by atoms with Crippen LogP contribution in [0.15, 0.2) is 60.7 Å². The number of aryl methyl sites for hydroxylation is 1. The maximum atomic E-state index is 13.7. The van der Waals surface area contributed by atoms with Crippen LogP contribution in [0.5, 0.6) is 17.2 Å². The number of nitrogens with one attached hydrogen (secondary N) is 1. The van der Waals surface area contributed by atoms with Crippen molar-refractivity contribution < 1.29 is 28.6 Å². The monoisotopic (exact) mass is 745 g/mol. The number of carbonyl (C=O) groups excluding carboxylic acids is 3. The van der Waals surface area contributed by atoms with Crippen molar-refractivity contribution in [1.82, 2.24) is 9.80 Å². The standard InChI is InChI=1S/C38H51N5O6.2ClH/c1-28-15-18-32(35(26-28)49-24-10-5-6-14-36(44)43-22-20-41(2)21-23-43)42(3)38(46)29-16-17-31(34(27-29)47-4)40-37(45)30-12-7-8-13-33(30)48-25-11-9-19-39;;/h7-8,12-13,15-18,26-27H,5-6,9-11,14,19-25,39H2,1-4H3,(H,40,45);2*1H. The molecule has 0 saturated carbocycles. The molecule has 280 valence electrons. The number of piperazine rings is 1. The molecule has 3 aromatic rings. The minimum absolute atomic E-state index is 0. The van der Waals surface area contributed by atoms with Gasteiger partial charge in [-0.1, -0.05) is 18.2 Å². The van der Waals surface area contributed by atoms with Crippen molar-refractivity contribution in [3.05, 3.63) is 77.4 Å². The molecule has 3 N–H and O–H groups in total. The van der Waals surface area contributed by atoms with E-state index in [-0.39, 0.29) is 42.5 Å². The van der Waals surface area contributed by atoms with Crippen molar-refractivity contribution in [2.75, 3.05) is 77.4 Å². The van der Waals surface area contributed by atoms with Gasteiger partial charge in [-0.15, -0.1) is 24.8 Å². The third kappa shape index (κ3) is 12.6. The number of likely N-dealkylation sites (N-methyl/N-ethyl adjacent to an activating group) is 1. The number of nitrogens with two attached hydrogens (primary N) is 1. The number of nitrogens with zero attached hydrogens (tertiary/aromatic N) is 3. The van der Waals surface area contributed by atoms with Gasteiger partial charge in [-0.3, -0.25) is 14.4 Å². The second-order valence-corrected chi connectivity index (χ2v) is 12.4. The van der Waals surface area contributed by atoms with Gasteiger partial charge in [-0.2, -0.15) is 0 Å². The van der Waals surface area contributed by atoms with E-state index in [1.165, 1.54) is 7.11 Å². The summed E-state index contributed by atoms with van der Waals surface area (Å²) in [5.74, 6) is 1.06. The molecule has 1 fully saturated rings. The van der Waals surface area contributed by atoms with Crippen LogP contribution >= 0.6 is 24.8 Å². The number of halogens is 2. The van der Waals surface area contributed by atoms with E-state index in [1.54, 1.807) is 48.3 Å². The first kappa shape index (κ1) is 43.1. The maximum Gasteiger partial charge on any atom is 0.259 e. The summed E-state index contributed by atoms with van der Waals surface area (Å²) in [5, 5.41) is 2.89. The van der Waals surface area contributed by atoms with Crippen LogP contribution in [-0.2, 0) is 4.79 Å². The topological polar surface area (TPSA) is 127 Å². The molecule has 0 atom stereocenters. The second-order valence-electron chi connectivity index (χ2n) is 12.4. The Morgan fingerprint density at radius 3 is 2.22 bits per heavy atom. The normalized spacial score (nSPS) is 12.6. The summed E-state index contributed by atoms with van der Waals surface area (Å²) < 4.78 is 17.6. The number of carbonyl (C=O) groups is 3. The van der Waals surface area contributed by atoms with Crippen LogP contribution in [0.4, 0.5) is 11.4 Å². The Morgan fingerprint density at radius 2 is 1.51 bits per heavy atom. The highest BCUT2D eigenvalue weighted by atomic mass is 35.5. The van der Waals surface area contributed by atoms with E-state index in [2.05, 4.69) is 17.3 Å². The molecule has 1 aliphatic rings. The molecule has 0 aliphatic carbocycles. The zero-order chi connectivity index (χ0) is 35.2. The number of hydrogen-bond acceptors (Lipinski definition) is 8. The molecule has 51 heavy (non-hydrogen) atoms. The van der Waals surface area contributed by atoms with Crippen LogP contribution in [0.25, 0.3) is 0 Å². The minimum Gasteiger partial charge on any atom is -0.495 e. The third-order valence-electron chi connectivity index (χ3n) is 8.61. The van der Waals surface area contributed by atoms with Crippen molar-refractivity contribution in [3.63, 3.8) is 0 Å². The summed E-state index contributed by atoms with van der Waals surface area (Å²) >= 11 is 0. The van der Waals surface area contributed by atoms with Crippen molar-refractivity contribution in [1.29, 1.82) is 0 Å². The average molecular weight is 747 g/mol. The van der Waals surface area contributed by atoms with E-state index in [0.717, 1.165) is 63.8 Å². The number of methoxy groups -OCH3 is 1. The average Bonchev–Trinajstić information content (AvgIpc) is 3.11. The van der Waals surface area contributed by atoms with Gasteiger partial charge in [0.1, 0.15) is 17.2 Å². The number of benzene rings is 3. The van der Waals surface area contributed by atoms with Gasteiger partial charge >= 0.3 is 0 Å². The number of ether oxygens (including phenoxy) is 3. The van der Waals surface area contributed by atoms with Gasteiger partial charge in [-0.05, 0) is 101 Å². The Balaban J connectivity index is 0.00000451. The summed E-state index contributed by atoms with van der Waals surface area (Å²) in [6.07, 6.45) is 4.69. The number of para-hydroxylation sites is 1. The Morgan fingerprint density at radius 1 is 0.824 bits per heavy atom. The highest BCUT2D eigenvalue weighted by Gasteiger charge is 2.21. The van der Waals surface area contributed by atoms with Gasteiger partial charge in [0, 0.05) is 45.2 Å². The Hall–Kier alpha value is -4.03. The third-order valence-corrected chi connectivity index (χ3v) is 8.61. The summed E-state index contributed by atoms with van der Waals surface area (Å²) in [6, 6.07) is 17.7. The summed E-state index contributed by atoms with van der Waals surface area (Å²) in [4.78, 5) is 45.2. The molecular weight excluding hydrogens is 693 g/mol. The lowest BCUT2D eigenvalue weighted by molar-refractivity contribution is -0.132. The fraction of sp³-hybridized carbons (Fsp3) is 0.447. The van der Waals surface area contributed by atoms with Crippen molar-refractivity contribution in [2.24, 2.45) is 5.73 Å². The maximum absolute atomic E-state index is 13.7. The molecule has 13 heteroatoms. The second kappa shape index (κ2) is 22.0. The van der Waals surface area contributed by atoms with Gasteiger partial charge < -0.3 is 40.0 Å². The van der Waals surface area contributed by atoms with E-state index in [0.29, 0.717) is 65.9 Å². The number of anilines is 2. The Labute approximate surface area is 314 Å². The first-order valence-corrected chi connectivity index (χ1v) is 17.1. The van der Waals surface area contributed by atoms with Crippen LogP contribution in [0.1, 0.15) is 64.8 Å². The van der Waals surface area contributed by atoms with Gasteiger partial charge in [0.2, 0.25) is 5.91 Å². The van der Waals surface area contributed by atoms with Gasteiger partial charge in [0.15, 0.2) is 0 Å². The summed E-state index contributed by atoms with van der Waals surface area (Å²) in [5.41, 5.74) is 8.43. The number of amides is 3. The van der Waals surface area contributed by atoms with E-state index in [1.807, 2.05) is 36.1 Å². The Kier molecular flexibility index (Phi) is 18.6. The van der Waals surface area contributed by atoms with Gasteiger partial charge in [0.25, 0.3) is 11.8 Å². The summed E-state index contributed by atoms with van der Waals surface area (Å²) in [6.45, 7) is 6.96. The van der Waals surface area contributed by atoms with E-state index in [9.17, 15) is 14.4 Å². The molecule has 0 unspecified atom stereocenters. The van der Waals surface area contributed by atoms with Crippen molar-refractivity contribution >= 4 is 53.9 Å². The summed E-state index contributed by atoms with van der Waals surface area (Å²) in [7, 11) is 5.28. The van der Waals surface area contributed by atoms with Crippen LogP contribution in [0.2, 0.25) is 0 Å². The molecule has 3 amide bonds. The minimum atomic E-state index is -0.355. The lowest BCUT2D eigenvalue weighted by atomic mass is 10.1. The number of hydrogen-bond donors (Lipinski definition) is 2. The molecule has 4 rings (SSSR count). The first-order valence-electron chi connectivity index (χ1n) is 17.1. The molecule has 0 aromatic heterocycles. The van der Waals surface area contributed by atoms with E-state index >= 15 is 0 Å². The predicted octanol–water partition coefficient (Wildman–Crippen LogP) is 6.21. The zero-order valence-corrected chi connectivity index (χ0v) is 31.8. The molecule has 11 nitrogen and oxygen atoms in total. The molecule has 0 bridgehead atoms. The van der Waals surface area contributed by atoms with Gasteiger partial charge in [0.05, 0.1) is 37.3 Å². The number of rotatable bonds is 17. The predicted molar refractivity (Wildman–Crippen MR) is 208 cm³/mol. The Bertz CT molecular complexity index is 1570. The van der Waals surface area contributed by atoms with Gasteiger partial charge in [-0.25, -0.2) is 0 Å². The largest absolute Gasteiger partial charge is 0.495 e. The lowest BCUT2D eigenvalue weighted by Gasteiger charge is -2.32. The molecule has 0 radical (unpaired) electrons. The highest BCUT2D eigenvalue weighted by Crippen LogP contribution is 2.32. The molecule has 3 aromatic carbocycles. The molecule has 1 saturated heterocycles. The zero-order valence-electron chi connectivity index (χ0n) is 30.2. The van der Waals surface area contributed by atoms with Crippen LogP contribution < -0.4 is 30.2 Å². The van der Waals surface area contributed by atoms with Crippen LogP contribution in [-0.4, -0.2) is 94.7 Å². The molecule has 0 spiro atoms. The highest BCUT2D eigenvalue weighted by molar-refractivity contribution is 6.09. The van der Waals surface area contributed by atoms with E-state index < -0.39 is 0 Å². The van der Waals surface area contributed by atoms with Crippen molar-refractivity contribution in [2.45, 2.75) is 45.4 Å². The molecular formula is C38H53Cl2N5O6. The van der Waals surface area contributed by atoms with Crippen LogP contribution in [0.3, 0.4) is 0 Å². The SMILES string of the molecule is COc1cc(C(=O)N(C)c2ccc(C)cc2OCCCCCC(=O)N2CCN(C)CC2)ccc1NC(=O)c1ccccc1OCCCCN.Cl.Cl. The number of unbranched alkanes of at least 4 members (excludes halogenated alkanes) is 3. The lowest BCUT2D eigenvalue weighted by Crippen LogP contribution is -2.47. The molecule has 1 aliphatic heterocycles. The fourth-order valence-corrected chi connectivity index (χ4v) is 5.59. The fourth-order valence-electron chi connectivity index (χ4n) is 5.59. The molecule has 1 heterocycles. The smallest absolute Gasteiger partial charge is 0.259 e. The van der Waals surface area contributed by atoms with E-state index in [4.69, 9.17) is 19.9 Å². The quantitative estimate of drug-likeness (QED) is 0.156. The first-order chi connectivity index (χ1) is 23.7.